The summed E-state index contributed by atoms with van der Waals surface area (Å²) in [6.45, 7) is 10.2. The number of nitrogens with zero attached hydrogens (tertiary/aromatic N) is 3. The van der Waals surface area contributed by atoms with Gasteiger partial charge in [0.1, 0.15) is 0 Å². The Labute approximate surface area is 149 Å². The fourth-order valence-electron chi connectivity index (χ4n) is 2.19. The lowest BCUT2D eigenvalue weighted by molar-refractivity contribution is 0.252. The summed E-state index contributed by atoms with van der Waals surface area (Å²) in [5.74, 6) is 1.68. The van der Waals surface area contributed by atoms with Gasteiger partial charge in [0, 0.05) is 33.2 Å². The van der Waals surface area contributed by atoms with E-state index in [0.29, 0.717) is 12.0 Å². The van der Waals surface area contributed by atoms with Gasteiger partial charge in [0.25, 0.3) is 0 Å². The lowest BCUT2D eigenvalue weighted by atomic mass is 10.0. The monoisotopic (exact) mass is 410 g/mol. The molecule has 0 aromatic carbocycles. The minimum atomic E-state index is 0. The molecule has 126 valence electrons. The largest absolute Gasteiger partial charge is 0.355 e. The predicted molar refractivity (Wildman–Crippen MR) is 106 cm³/mol. The van der Waals surface area contributed by atoms with Crippen molar-refractivity contribution in [1.82, 2.24) is 15.1 Å². The van der Waals surface area contributed by atoms with Crippen molar-refractivity contribution in [1.29, 1.82) is 0 Å². The van der Waals surface area contributed by atoms with E-state index in [1.807, 2.05) is 13.1 Å². The van der Waals surface area contributed by atoms with Crippen LogP contribution in [0.25, 0.3) is 0 Å². The molecule has 1 atom stereocenters. The minimum absolute atomic E-state index is 0. The Morgan fingerprint density at radius 1 is 1.29 bits per heavy atom. The van der Waals surface area contributed by atoms with Gasteiger partial charge in [0.15, 0.2) is 5.96 Å². The average molecular weight is 410 g/mol. The summed E-state index contributed by atoms with van der Waals surface area (Å²) >= 11 is 0. The maximum atomic E-state index is 4.36. The molecule has 4 nitrogen and oxygen atoms in total. The van der Waals surface area contributed by atoms with Crippen LogP contribution in [-0.2, 0) is 0 Å². The van der Waals surface area contributed by atoms with Gasteiger partial charge in [0.05, 0.1) is 0 Å². The van der Waals surface area contributed by atoms with E-state index in [1.54, 1.807) is 0 Å². The van der Waals surface area contributed by atoms with E-state index in [2.05, 4.69) is 61.7 Å². The van der Waals surface area contributed by atoms with E-state index in [4.69, 9.17) is 0 Å². The van der Waals surface area contributed by atoms with Gasteiger partial charge < -0.3 is 15.1 Å². The van der Waals surface area contributed by atoms with E-state index in [0.717, 1.165) is 31.9 Å². The summed E-state index contributed by atoms with van der Waals surface area (Å²) in [6.07, 6.45) is 5.32. The van der Waals surface area contributed by atoms with Crippen molar-refractivity contribution in [3.8, 4) is 0 Å². The van der Waals surface area contributed by atoms with E-state index >= 15 is 0 Å². The van der Waals surface area contributed by atoms with Crippen LogP contribution in [0.2, 0.25) is 0 Å². The van der Waals surface area contributed by atoms with Gasteiger partial charge in [-0.3, -0.25) is 4.99 Å². The zero-order chi connectivity index (χ0) is 15.5. The molecule has 0 spiro atoms. The first-order chi connectivity index (χ1) is 9.42. The molecule has 0 aliphatic heterocycles. The van der Waals surface area contributed by atoms with Gasteiger partial charge in [-0.2, -0.15) is 0 Å². The molecule has 0 aromatic rings. The molecule has 0 rings (SSSR count). The highest BCUT2D eigenvalue weighted by Gasteiger charge is 2.14. The predicted octanol–water partition coefficient (Wildman–Crippen LogP) is 3.05. The van der Waals surface area contributed by atoms with Gasteiger partial charge in [-0.05, 0) is 39.3 Å². The molecule has 0 fully saturated rings. The zero-order valence-corrected chi connectivity index (χ0v) is 17.1. The quantitative estimate of drug-likeness (QED) is 0.208. The Morgan fingerprint density at radius 3 is 2.33 bits per heavy atom. The van der Waals surface area contributed by atoms with Gasteiger partial charge >= 0.3 is 0 Å². The topological polar surface area (TPSA) is 30.9 Å². The lowest BCUT2D eigenvalue weighted by Gasteiger charge is -2.29. The summed E-state index contributed by atoms with van der Waals surface area (Å²) in [4.78, 5) is 8.84. The van der Waals surface area contributed by atoms with Crippen molar-refractivity contribution in [2.24, 2.45) is 10.9 Å². The second-order valence-electron chi connectivity index (χ2n) is 6.03. The maximum Gasteiger partial charge on any atom is 0.193 e. The van der Waals surface area contributed by atoms with Crippen molar-refractivity contribution >= 4 is 29.9 Å². The van der Waals surface area contributed by atoms with E-state index in [-0.39, 0.29) is 24.0 Å². The van der Waals surface area contributed by atoms with Crippen LogP contribution in [0.15, 0.2) is 17.6 Å². The van der Waals surface area contributed by atoms with Crippen molar-refractivity contribution in [2.45, 2.75) is 39.2 Å². The van der Waals surface area contributed by atoms with Crippen LogP contribution in [-0.4, -0.2) is 63.1 Å². The number of unbranched alkanes of at least 4 members (excludes halogenated alkanes) is 1. The number of guanidine groups is 1. The van der Waals surface area contributed by atoms with Crippen molar-refractivity contribution in [3.05, 3.63) is 12.7 Å². The van der Waals surface area contributed by atoms with Crippen LogP contribution in [0.5, 0.6) is 0 Å². The normalized spacial score (nSPS) is 13.0. The number of likely N-dealkylation sites (N-methyl/N-ethyl adjacent to an activating group) is 1. The van der Waals surface area contributed by atoms with Gasteiger partial charge in [0.2, 0.25) is 0 Å². The number of aliphatic imine (C=N–C) groups is 1. The van der Waals surface area contributed by atoms with Crippen molar-refractivity contribution in [3.63, 3.8) is 0 Å². The lowest BCUT2D eigenvalue weighted by Crippen LogP contribution is -2.46. The second-order valence-corrected chi connectivity index (χ2v) is 6.03. The minimum Gasteiger partial charge on any atom is -0.355 e. The molecule has 0 aliphatic carbocycles. The third kappa shape index (κ3) is 11.0. The molecule has 0 saturated heterocycles. The fourth-order valence-corrected chi connectivity index (χ4v) is 2.19. The van der Waals surface area contributed by atoms with E-state index in [1.165, 1.54) is 6.42 Å². The molecular weight excluding hydrogens is 375 g/mol. The molecule has 0 heterocycles. The summed E-state index contributed by atoms with van der Waals surface area (Å²) in [5, 5.41) is 3.49. The molecule has 5 heteroatoms. The molecular formula is C16H35IN4. The first kappa shape index (κ1) is 23.0. The number of nitrogens with one attached hydrogen (secondary N) is 1. The summed E-state index contributed by atoms with van der Waals surface area (Å²) < 4.78 is 0. The molecule has 0 bridgehead atoms. The number of rotatable bonds is 9. The molecule has 0 aliphatic rings. The summed E-state index contributed by atoms with van der Waals surface area (Å²) in [5.41, 5.74) is 0. The number of halogens is 1. The number of hydrogen-bond acceptors (Lipinski definition) is 2. The third-order valence-corrected chi connectivity index (χ3v) is 3.44. The summed E-state index contributed by atoms with van der Waals surface area (Å²) in [7, 11) is 8.22. The van der Waals surface area contributed by atoms with Crippen LogP contribution in [0, 0.1) is 5.92 Å². The van der Waals surface area contributed by atoms with Gasteiger partial charge in [-0.25, -0.2) is 0 Å². The molecule has 0 amide bonds. The number of hydrogen-bond donors (Lipinski definition) is 1. The van der Waals surface area contributed by atoms with Crippen molar-refractivity contribution in [2.75, 3.05) is 41.3 Å². The fraction of sp³-hybridized carbons (Fsp3) is 0.812. The van der Waals surface area contributed by atoms with Gasteiger partial charge in [-0.15, -0.1) is 30.6 Å². The Morgan fingerprint density at radius 2 is 1.90 bits per heavy atom. The first-order valence-electron chi connectivity index (χ1n) is 7.61. The van der Waals surface area contributed by atoms with Crippen LogP contribution in [0.1, 0.15) is 33.1 Å². The van der Waals surface area contributed by atoms with Crippen LogP contribution in [0.4, 0.5) is 0 Å². The molecule has 1 N–H and O–H groups in total. The number of allylic oxidation sites excluding steroid dienone is 1. The molecule has 0 aromatic heterocycles. The SMILES string of the molecule is C=CCCCN(C)C(=NC)NCC(CC(C)C)N(C)C.I. The van der Waals surface area contributed by atoms with Gasteiger partial charge in [-0.1, -0.05) is 19.9 Å². The van der Waals surface area contributed by atoms with E-state index in [9.17, 15) is 0 Å². The third-order valence-electron chi connectivity index (χ3n) is 3.44. The molecule has 0 radical (unpaired) electrons. The standard InChI is InChI=1S/C16H34N4.HI/c1-8-9-10-11-20(7)16(17-4)18-13-15(19(5)6)12-14(2)3;/h8,14-15H,1,9-13H2,2-7H3,(H,17,18);1H. The van der Waals surface area contributed by atoms with Crippen LogP contribution < -0.4 is 5.32 Å². The Kier molecular flexibility index (Phi) is 14.6. The summed E-state index contributed by atoms with van der Waals surface area (Å²) in [6, 6.07) is 0.535. The first-order valence-corrected chi connectivity index (χ1v) is 7.61. The molecule has 0 saturated carbocycles. The highest BCUT2D eigenvalue weighted by atomic mass is 127. The highest BCUT2D eigenvalue weighted by molar-refractivity contribution is 14.0. The van der Waals surface area contributed by atoms with Crippen LogP contribution in [0.3, 0.4) is 0 Å². The second kappa shape index (κ2) is 13.4. The highest BCUT2D eigenvalue weighted by Crippen LogP contribution is 2.08. The molecule has 21 heavy (non-hydrogen) atoms. The molecule has 1 unspecified atom stereocenters. The average Bonchev–Trinajstić information content (AvgIpc) is 2.37. The zero-order valence-electron chi connectivity index (χ0n) is 14.7. The van der Waals surface area contributed by atoms with Crippen LogP contribution >= 0.6 is 24.0 Å². The smallest absolute Gasteiger partial charge is 0.193 e. The van der Waals surface area contributed by atoms with E-state index < -0.39 is 0 Å². The Bertz CT molecular complexity index is 290. The maximum absolute atomic E-state index is 4.36. The Balaban J connectivity index is 0. The Hall–Kier alpha value is -0.300. The van der Waals surface area contributed by atoms with Crippen molar-refractivity contribution < 1.29 is 0 Å².